The highest BCUT2D eigenvalue weighted by Crippen LogP contribution is 2.29. The predicted octanol–water partition coefficient (Wildman–Crippen LogP) is 4.56. The fourth-order valence-corrected chi connectivity index (χ4v) is 2.15. The van der Waals surface area contributed by atoms with E-state index >= 15 is 0 Å². The summed E-state index contributed by atoms with van der Waals surface area (Å²) in [6.07, 6.45) is 0. The standard InChI is InChI=1S/C12H8Cl3N3O2/c13-8-5-9(14)12(17-11(8)15)16-6-7-3-1-2-4-10(7)18(19)20/h1-5H,6H2,(H,16,17). The van der Waals surface area contributed by atoms with Crippen LogP contribution in [0.5, 0.6) is 0 Å². The zero-order chi connectivity index (χ0) is 14.7. The van der Waals surface area contributed by atoms with E-state index in [1.54, 1.807) is 18.2 Å². The highest BCUT2D eigenvalue weighted by Gasteiger charge is 2.13. The average Bonchev–Trinajstić information content (AvgIpc) is 2.41. The summed E-state index contributed by atoms with van der Waals surface area (Å²) in [5.74, 6) is 0.319. The molecule has 0 amide bonds. The number of nitrogens with one attached hydrogen (secondary N) is 1. The average molecular weight is 333 g/mol. The van der Waals surface area contributed by atoms with Crippen LogP contribution in [0.25, 0.3) is 0 Å². The van der Waals surface area contributed by atoms with Gasteiger partial charge in [-0.05, 0) is 6.07 Å². The van der Waals surface area contributed by atoms with Gasteiger partial charge in [0.1, 0.15) is 11.0 Å². The van der Waals surface area contributed by atoms with Crippen LogP contribution in [0, 0.1) is 10.1 Å². The number of pyridine rings is 1. The molecular weight excluding hydrogens is 325 g/mol. The highest BCUT2D eigenvalue weighted by atomic mass is 35.5. The number of anilines is 1. The molecule has 0 spiro atoms. The van der Waals surface area contributed by atoms with Gasteiger partial charge in [0, 0.05) is 18.2 Å². The van der Waals surface area contributed by atoms with Crippen molar-refractivity contribution in [3.05, 3.63) is 61.2 Å². The molecule has 0 aliphatic rings. The Balaban J connectivity index is 2.21. The highest BCUT2D eigenvalue weighted by molar-refractivity contribution is 6.42. The second kappa shape index (κ2) is 6.26. The summed E-state index contributed by atoms with van der Waals surface area (Å²) in [5.41, 5.74) is 0.539. The first kappa shape index (κ1) is 14.8. The van der Waals surface area contributed by atoms with Crippen LogP contribution in [0.1, 0.15) is 5.56 Å². The number of nitro benzene ring substituents is 1. The van der Waals surface area contributed by atoms with Gasteiger partial charge in [0.05, 0.1) is 15.0 Å². The Morgan fingerprint density at radius 2 is 1.90 bits per heavy atom. The van der Waals surface area contributed by atoms with Crippen molar-refractivity contribution in [2.45, 2.75) is 6.54 Å². The van der Waals surface area contributed by atoms with Gasteiger partial charge in [-0.3, -0.25) is 10.1 Å². The van der Waals surface area contributed by atoms with Gasteiger partial charge in [0.15, 0.2) is 0 Å². The third-order valence-electron chi connectivity index (χ3n) is 2.52. The Hall–Kier alpha value is -1.56. The maximum Gasteiger partial charge on any atom is 0.274 e. The Labute approximate surface area is 129 Å². The summed E-state index contributed by atoms with van der Waals surface area (Å²) < 4.78 is 0. The molecule has 0 saturated carbocycles. The quantitative estimate of drug-likeness (QED) is 0.506. The van der Waals surface area contributed by atoms with Crippen molar-refractivity contribution in [2.24, 2.45) is 0 Å². The minimum Gasteiger partial charge on any atom is -0.364 e. The van der Waals surface area contributed by atoms with E-state index in [2.05, 4.69) is 10.3 Å². The number of nitro groups is 1. The van der Waals surface area contributed by atoms with E-state index in [1.165, 1.54) is 12.1 Å². The Kier molecular flexibility index (Phi) is 4.65. The fourth-order valence-electron chi connectivity index (χ4n) is 1.59. The second-order valence-corrected chi connectivity index (χ2v) is 5.00. The van der Waals surface area contributed by atoms with Crippen LogP contribution in [0.3, 0.4) is 0 Å². The van der Waals surface area contributed by atoms with E-state index < -0.39 is 4.92 Å². The molecule has 0 bridgehead atoms. The van der Waals surface area contributed by atoms with Crippen molar-refractivity contribution in [1.29, 1.82) is 0 Å². The molecule has 1 heterocycles. The number of para-hydroxylation sites is 1. The van der Waals surface area contributed by atoms with Gasteiger partial charge < -0.3 is 5.32 Å². The van der Waals surface area contributed by atoms with Crippen LogP contribution in [0.15, 0.2) is 30.3 Å². The van der Waals surface area contributed by atoms with Gasteiger partial charge in [-0.1, -0.05) is 53.0 Å². The van der Waals surface area contributed by atoms with Crippen molar-refractivity contribution >= 4 is 46.3 Å². The smallest absolute Gasteiger partial charge is 0.274 e. The second-order valence-electron chi connectivity index (χ2n) is 3.83. The van der Waals surface area contributed by atoms with Crippen molar-refractivity contribution in [2.75, 3.05) is 5.32 Å². The molecule has 8 heteroatoms. The van der Waals surface area contributed by atoms with Crippen molar-refractivity contribution in [3.63, 3.8) is 0 Å². The minimum atomic E-state index is -0.444. The summed E-state index contributed by atoms with van der Waals surface area (Å²) in [6.45, 7) is 0.196. The van der Waals surface area contributed by atoms with Gasteiger partial charge in [0.2, 0.25) is 0 Å². The summed E-state index contributed by atoms with van der Waals surface area (Å²) >= 11 is 17.5. The molecular formula is C12H8Cl3N3O2. The van der Waals surface area contributed by atoms with Crippen LogP contribution in [0.4, 0.5) is 11.5 Å². The number of benzene rings is 1. The zero-order valence-corrected chi connectivity index (χ0v) is 12.2. The lowest BCUT2D eigenvalue weighted by molar-refractivity contribution is -0.385. The summed E-state index contributed by atoms with van der Waals surface area (Å²) in [6, 6.07) is 7.86. The Morgan fingerprint density at radius 1 is 1.20 bits per heavy atom. The lowest BCUT2D eigenvalue weighted by Gasteiger charge is -2.09. The molecule has 0 fully saturated rings. The van der Waals surface area contributed by atoms with E-state index in [-0.39, 0.29) is 27.4 Å². The summed E-state index contributed by atoms with van der Waals surface area (Å²) in [7, 11) is 0. The molecule has 0 unspecified atom stereocenters. The number of hydrogen-bond acceptors (Lipinski definition) is 4. The van der Waals surface area contributed by atoms with Crippen molar-refractivity contribution < 1.29 is 4.92 Å². The lowest BCUT2D eigenvalue weighted by atomic mass is 10.2. The topological polar surface area (TPSA) is 68.1 Å². The van der Waals surface area contributed by atoms with Gasteiger partial charge in [0.25, 0.3) is 5.69 Å². The summed E-state index contributed by atoms with van der Waals surface area (Å²) in [5, 5.41) is 14.4. The van der Waals surface area contributed by atoms with E-state index in [0.29, 0.717) is 11.4 Å². The third-order valence-corrected chi connectivity index (χ3v) is 3.48. The van der Waals surface area contributed by atoms with Gasteiger partial charge in [-0.2, -0.15) is 0 Å². The van der Waals surface area contributed by atoms with E-state index in [4.69, 9.17) is 34.8 Å². The number of rotatable bonds is 4. The number of halogens is 3. The van der Waals surface area contributed by atoms with E-state index in [1.807, 2.05) is 0 Å². The van der Waals surface area contributed by atoms with Gasteiger partial charge >= 0.3 is 0 Å². The number of aromatic nitrogens is 1. The first-order chi connectivity index (χ1) is 9.49. The van der Waals surface area contributed by atoms with Gasteiger partial charge in [-0.25, -0.2) is 4.98 Å². The number of nitrogens with zero attached hydrogens (tertiary/aromatic N) is 2. The molecule has 5 nitrogen and oxygen atoms in total. The molecule has 0 aliphatic heterocycles. The Morgan fingerprint density at radius 3 is 2.60 bits per heavy atom. The summed E-state index contributed by atoms with van der Waals surface area (Å²) in [4.78, 5) is 14.4. The normalized spacial score (nSPS) is 10.3. The molecule has 0 atom stereocenters. The van der Waals surface area contributed by atoms with E-state index in [9.17, 15) is 10.1 Å². The Bertz CT molecular complexity index is 664. The maximum absolute atomic E-state index is 10.9. The minimum absolute atomic E-state index is 0.0242. The molecule has 20 heavy (non-hydrogen) atoms. The predicted molar refractivity (Wildman–Crippen MR) is 79.7 cm³/mol. The largest absolute Gasteiger partial charge is 0.364 e. The van der Waals surface area contributed by atoms with Crippen LogP contribution in [-0.4, -0.2) is 9.91 Å². The fraction of sp³-hybridized carbons (Fsp3) is 0.0833. The monoisotopic (exact) mass is 331 g/mol. The molecule has 0 radical (unpaired) electrons. The molecule has 1 aromatic heterocycles. The molecule has 1 N–H and O–H groups in total. The lowest BCUT2D eigenvalue weighted by Crippen LogP contribution is -2.05. The van der Waals surface area contributed by atoms with Crippen molar-refractivity contribution in [3.8, 4) is 0 Å². The van der Waals surface area contributed by atoms with Crippen molar-refractivity contribution in [1.82, 2.24) is 4.98 Å². The zero-order valence-electron chi connectivity index (χ0n) is 9.94. The number of hydrogen-bond donors (Lipinski definition) is 1. The van der Waals surface area contributed by atoms with Crippen LogP contribution < -0.4 is 5.32 Å². The van der Waals surface area contributed by atoms with Crippen LogP contribution in [0.2, 0.25) is 15.2 Å². The molecule has 2 aromatic rings. The van der Waals surface area contributed by atoms with Gasteiger partial charge in [-0.15, -0.1) is 0 Å². The van der Waals surface area contributed by atoms with Crippen LogP contribution >= 0.6 is 34.8 Å². The maximum atomic E-state index is 10.9. The molecule has 0 saturated heterocycles. The first-order valence-corrected chi connectivity index (χ1v) is 6.60. The third kappa shape index (κ3) is 3.30. The molecule has 1 aromatic carbocycles. The molecule has 104 valence electrons. The molecule has 0 aliphatic carbocycles. The molecule has 2 rings (SSSR count). The van der Waals surface area contributed by atoms with E-state index in [0.717, 1.165) is 0 Å². The van der Waals surface area contributed by atoms with Crippen LogP contribution in [-0.2, 0) is 6.54 Å². The SMILES string of the molecule is O=[N+]([O-])c1ccccc1CNc1nc(Cl)c(Cl)cc1Cl. The first-order valence-electron chi connectivity index (χ1n) is 5.46.